The Bertz CT molecular complexity index is 501. The molecule has 7 heteroatoms. The van der Waals surface area contributed by atoms with Crippen LogP contribution in [0.15, 0.2) is 18.2 Å². The Balaban J connectivity index is 2.96. The first-order valence-corrected chi connectivity index (χ1v) is 6.46. The van der Waals surface area contributed by atoms with Crippen molar-refractivity contribution in [2.45, 2.75) is 32.7 Å². The lowest BCUT2D eigenvalue weighted by atomic mass is 10.1. The number of aliphatic hydroxyl groups excluding tert-OH is 1. The van der Waals surface area contributed by atoms with Gasteiger partial charge in [0.05, 0.1) is 18.7 Å². The molecule has 1 rings (SSSR count). The van der Waals surface area contributed by atoms with Gasteiger partial charge in [-0.3, -0.25) is 4.79 Å². The molecule has 0 spiro atoms. The van der Waals surface area contributed by atoms with Crippen LogP contribution in [0.2, 0.25) is 0 Å². The van der Waals surface area contributed by atoms with Crippen molar-refractivity contribution in [3.8, 4) is 0 Å². The number of anilines is 1. The normalized spacial score (nSPS) is 11.6. The molecule has 0 bridgehead atoms. The summed E-state index contributed by atoms with van der Waals surface area (Å²) in [6, 6.07) is 3.57. The molecular weight excluding hydrogens is 285 g/mol. The fraction of sp³-hybridized carbons (Fsp3) is 0.500. The molecule has 0 saturated heterocycles. The minimum atomic E-state index is -4.55. The Kier molecular flexibility index (Phi) is 5.60. The minimum absolute atomic E-state index is 0.0339. The Hall–Kier alpha value is -1.76. The molecule has 4 nitrogen and oxygen atoms in total. The number of carbonyl (C=O) groups is 1. The van der Waals surface area contributed by atoms with Crippen molar-refractivity contribution in [1.29, 1.82) is 0 Å². The summed E-state index contributed by atoms with van der Waals surface area (Å²) in [6.07, 6.45) is -4.55. The Morgan fingerprint density at radius 3 is 2.48 bits per heavy atom. The zero-order valence-corrected chi connectivity index (χ0v) is 12.2. The summed E-state index contributed by atoms with van der Waals surface area (Å²) in [7, 11) is 1.54. The van der Waals surface area contributed by atoms with E-state index in [0.717, 1.165) is 6.07 Å². The topological polar surface area (TPSA) is 52.6 Å². The van der Waals surface area contributed by atoms with Gasteiger partial charge in [-0.1, -0.05) is 6.07 Å². The van der Waals surface area contributed by atoms with Gasteiger partial charge in [0.15, 0.2) is 0 Å². The number of aliphatic hydroxyl groups is 1. The summed E-state index contributed by atoms with van der Waals surface area (Å²) >= 11 is 0. The monoisotopic (exact) mass is 304 g/mol. The van der Waals surface area contributed by atoms with Crippen LogP contribution in [-0.4, -0.2) is 30.6 Å². The molecule has 21 heavy (non-hydrogen) atoms. The van der Waals surface area contributed by atoms with Crippen LogP contribution in [0.4, 0.5) is 18.9 Å². The number of hydrogen-bond donors (Lipinski definition) is 2. The zero-order valence-electron chi connectivity index (χ0n) is 12.2. The molecule has 0 atom stereocenters. The van der Waals surface area contributed by atoms with Gasteiger partial charge in [-0.25, -0.2) is 0 Å². The number of likely N-dealkylation sites (N-methyl/N-ethyl adjacent to an activating group) is 1. The third-order valence-corrected chi connectivity index (χ3v) is 2.84. The van der Waals surface area contributed by atoms with E-state index in [0.29, 0.717) is 0 Å². The van der Waals surface area contributed by atoms with Crippen molar-refractivity contribution >= 4 is 11.6 Å². The van der Waals surface area contributed by atoms with Gasteiger partial charge in [0, 0.05) is 18.8 Å². The van der Waals surface area contributed by atoms with Gasteiger partial charge >= 0.3 is 6.18 Å². The lowest BCUT2D eigenvalue weighted by molar-refractivity contribution is -0.138. The van der Waals surface area contributed by atoms with E-state index in [9.17, 15) is 18.0 Å². The first-order valence-electron chi connectivity index (χ1n) is 6.46. The van der Waals surface area contributed by atoms with Gasteiger partial charge < -0.3 is 15.3 Å². The second kappa shape index (κ2) is 6.80. The van der Waals surface area contributed by atoms with Gasteiger partial charge in [-0.15, -0.1) is 0 Å². The van der Waals surface area contributed by atoms with Crippen LogP contribution in [0.3, 0.4) is 0 Å². The Morgan fingerprint density at radius 2 is 2.00 bits per heavy atom. The van der Waals surface area contributed by atoms with Crippen molar-refractivity contribution in [2.24, 2.45) is 0 Å². The van der Waals surface area contributed by atoms with Crippen LogP contribution in [0.25, 0.3) is 0 Å². The van der Waals surface area contributed by atoms with Crippen LogP contribution < -0.4 is 10.2 Å². The molecule has 118 valence electrons. The largest absolute Gasteiger partial charge is 0.416 e. The summed E-state index contributed by atoms with van der Waals surface area (Å²) in [5.74, 6) is -0.271. The molecule has 0 radical (unpaired) electrons. The maximum Gasteiger partial charge on any atom is 0.416 e. The zero-order chi connectivity index (χ0) is 16.2. The van der Waals surface area contributed by atoms with Crippen molar-refractivity contribution < 1.29 is 23.1 Å². The van der Waals surface area contributed by atoms with E-state index in [4.69, 9.17) is 5.11 Å². The van der Waals surface area contributed by atoms with Crippen LogP contribution in [-0.2, 0) is 17.6 Å². The third kappa shape index (κ3) is 4.93. The number of benzene rings is 1. The average Bonchev–Trinajstić information content (AvgIpc) is 2.35. The van der Waals surface area contributed by atoms with Gasteiger partial charge in [-0.05, 0) is 31.5 Å². The summed E-state index contributed by atoms with van der Waals surface area (Å²) in [4.78, 5) is 13.1. The fourth-order valence-electron chi connectivity index (χ4n) is 1.88. The molecule has 1 amide bonds. The van der Waals surface area contributed by atoms with Crippen molar-refractivity contribution in [3.05, 3.63) is 29.3 Å². The van der Waals surface area contributed by atoms with Crippen LogP contribution in [0.1, 0.15) is 25.0 Å². The average molecular weight is 304 g/mol. The van der Waals surface area contributed by atoms with E-state index in [2.05, 4.69) is 5.32 Å². The van der Waals surface area contributed by atoms with Gasteiger partial charge in [-0.2, -0.15) is 13.2 Å². The van der Waals surface area contributed by atoms with Gasteiger partial charge in [0.2, 0.25) is 5.91 Å². The molecular formula is C14H19F3N2O2. The quantitative estimate of drug-likeness (QED) is 0.876. The minimum Gasteiger partial charge on any atom is -0.392 e. The second-order valence-corrected chi connectivity index (χ2v) is 5.08. The molecule has 0 saturated carbocycles. The first kappa shape index (κ1) is 17.3. The third-order valence-electron chi connectivity index (χ3n) is 2.84. The molecule has 0 aromatic heterocycles. The summed E-state index contributed by atoms with van der Waals surface area (Å²) in [5, 5.41) is 11.6. The van der Waals surface area contributed by atoms with Crippen LogP contribution >= 0.6 is 0 Å². The Labute approximate surface area is 121 Å². The summed E-state index contributed by atoms with van der Waals surface area (Å²) in [6.45, 7) is 2.87. The van der Waals surface area contributed by atoms with E-state index in [1.807, 2.05) is 0 Å². The summed E-state index contributed by atoms with van der Waals surface area (Å²) < 4.78 is 38.7. The fourth-order valence-corrected chi connectivity index (χ4v) is 1.88. The van der Waals surface area contributed by atoms with E-state index < -0.39 is 18.3 Å². The Morgan fingerprint density at radius 1 is 1.38 bits per heavy atom. The molecule has 0 heterocycles. The maximum absolute atomic E-state index is 12.9. The summed E-state index contributed by atoms with van der Waals surface area (Å²) in [5.41, 5.74) is -0.816. The molecule has 0 unspecified atom stereocenters. The first-order chi connectivity index (χ1) is 9.65. The van der Waals surface area contributed by atoms with Crippen LogP contribution in [0.5, 0.6) is 0 Å². The van der Waals surface area contributed by atoms with Crippen molar-refractivity contribution in [2.75, 3.05) is 18.5 Å². The van der Waals surface area contributed by atoms with E-state index in [-0.39, 0.29) is 29.7 Å². The number of alkyl halides is 3. The number of rotatable bonds is 5. The van der Waals surface area contributed by atoms with Crippen LogP contribution in [0, 0.1) is 0 Å². The number of nitrogens with zero attached hydrogens (tertiary/aromatic N) is 1. The van der Waals surface area contributed by atoms with E-state index in [1.54, 1.807) is 13.8 Å². The molecule has 1 aromatic carbocycles. The molecule has 0 aliphatic carbocycles. The van der Waals surface area contributed by atoms with E-state index >= 15 is 0 Å². The van der Waals surface area contributed by atoms with E-state index in [1.165, 1.54) is 24.1 Å². The number of carbonyl (C=O) groups excluding carboxylic acids is 1. The smallest absolute Gasteiger partial charge is 0.392 e. The standard InChI is InChI=1S/C14H19F3N2O2/c1-9(2)18-13(21)7-19(3)11-5-4-10(8-20)12(6-11)14(15,16)17/h4-6,9,20H,7-8H2,1-3H3,(H,18,21). The number of amides is 1. The molecule has 0 aliphatic rings. The second-order valence-electron chi connectivity index (χ2n) is 5.08. The predicted octanol–water partition coefficient (Wildman–Crippen LogP) is 2.16. The van der Waals surface area contributed by atoms with Gasteiger partial charge in [0.1, 0.15) is 0 Å². The number of halogens is 3. The highest BCUT2D eigenvalue weighted by Crippen LogP contribution is 2.34. The molecule has 2 N–H and O–H groups in total. The van der Waals surface area contributed by atoms with Crippen molar-refractivity contribution in [1.82, 2.24) is 5.32 Å². The highest BCUT2D eigenvalue weighted by Gasteiger charge is 2.33. The molecule has 0 aliphatic heterocycles. The van der Waals surface area contributed by atoms with Crippen molar-refractivity contribution in [3.63, 3.8) is 0 Å². The lowest BCUT2D eigenvalue weighted by Crippen LogP contribution is -2.38. The molecule has 1 aromatic rings. The lowest BCUT2D eigenvalue weighted by Gasteiger charge is -2.22. The molecule has 0 fully saturated rings. The highest BCUT2D eigenvalue weighted by molar-refractivity contribution is 5.81. The predicted molar refractivity (Wildman–Crippen MR) is 73.9 cm³/mol. The van der Waals surface area contributed by atoms with Gasteiger partial charge in [0.25, 0.3) is 0 Å². The SMILES string of the molecule is CC(C)NC(=O)CN(C)c1ccc(CO)c(C(F)(F)F)c1. The number of nitrogens with one attached hydrogen (secondary N) is 1. The number of hydrogen-bond acceptors (Lipinski definition) is 3. The maximum atomic E-state index is 12.9. The highest BCUT2D eigenvalue weighted by atomic mass is 19.4.